The van der Waals surface area contributed by atoms with Crippen LogP contribution in [0.4, 0.5) is 0 Å². The minimum Gasteiger partial charge on any atom is -0.381 e. The van der Waals surface area contributed by atoms with Gasteiger partial charge in [0.15, 0.2) is 0 Å². The van der Waals surface area contributed by atoms with Crippen LogP contribution in [0.25, 0.3) is 0 Å². The Morgan fingerprint density at radius 3 is 2.57 bits per heavy atom. The summed E-state index contributed by atoms with van der Waals surface area (Å²) >= 11 is 4.72. The van der Waals surface area contributed by atoms with Gasteiger partial charge in [-0.15, -0.1) is 0 Å². The molecule has 0 amide bonds. The zero-order valence-electron chi connectivity index (χ0n) is 4.52. The van der Waals surface area contributed by atoms with Crippen molar-refractivity contribution >= 4 is 17.2 Å². The molecule has 0 heterocycles. The third-order valence-corrected chi connectivity index (χ3v) is 0.876. The number of methoxy groups -OCH3 is 1. The van der Waals surface area contributed by atoms with Gasteiger partial charge in [-0.1, -0.05) is 12.2 Å². The smallest absolute Gasteiger partial charge is 0.101 e. The van der Waals surface area contributed by atoms with Gasteiger partial charge < -0.3 is 10.1 Å². The normalized spacial score (nSPS) is 8.29. The highest BCUT2D eigenvalue weighted by Gasteiger charge is 1.84. The Bertz CT molecular complexity index is 64.7. The van der Waals surface area contributed by atoms with Crippen molar-refractivity contribution in [1.82, 2.24) is 5.32 Å². The average molecular weight is 119 g/mol. The molecular weight excluding hydrogens is 110 g/mol. The molecule has 42 valence electrons. The maximum absolute atomic E-state index is 4.72. The van der Waals surface area contributed by atoms with Crippen molar-refractivity contribution in [3.63, 3.8) is 0 Å². The minimum absolute atomic E-state index is 0.520. The highest BCUT2D eigenvalue weighted by molar-refractivity contribution is 7.80. The van der Waals surface area contributed by atoms with Crippen LogP contribution in [0.5, 0.6) is 0 Å². The summed E-state index contributed by atoms with van der Waals surface area (Å²) < 4.78 is 4.69. The summed E-state index contributed by atoms with van der Waals surface area (Å²) in [5.41, 5.74) is 0. The van der Waals surface area contributed by atoms with Crippen molar-refractivity contribution in [1.29, 1.82) is 0 Å². The first-order chi connectivity index (χ1) is 3.31. The number of rotatable bonds is 2. The fourth-order valence-corrected chi connectivity index (χ4v) is 0.321. The van der Waals surface area contributed by atoms with Gasteiger partial charge >= 0.3 is 0 Å². The lowest BCUT2D eigenvalue weighted by Gasteiger charge is -1.96. The lowest BCUT2D eigenvalue weighted by atomic mass is 10.7. The van der Waals surface area contributed by atoms with Gasteiger partial charge in [0, 0.05) is 14.2 Å². The largest absolute Gasteiger partial charge is 0.381 e. The van der Waals surface area contributed by atoms with Crippen molar-refractivity contribution in [2.24, 2.45) is 0 Å². The first kappa shape index (κ1) is 6.85. The van der Waals surface area contributed by atoms with E-state index in [1.165, 1.54) is 0 Å². The monoisotopic (exact) mass is 119 g/mol. The molecule has 2 nitrogen and oxygen atoms in total. The lowest BCUT2D eigenvalue weighted by molar-refractivity contribution is 0.245. The molecule has 1 N–H and O–H groups in total. The molecule has 0 radical (unpaired) electrons. The van der Waals surface area contributed by atoms with E-state index in [9.17, 15) is 0 Å². The molecule has 0 saturated carbocycles. The van der Waals surface area contributed by atoms with Crippen molar-refractivity contribution in [2.45, 2.75) is 0 Å². The van der Waals surface area contributed by atoms with E-state index in [1.54, 1.807) is 14.2 Å². The maximum atomic E-state index is 4.72. The van der Waals surface area contributed by atoms with Crippen LogP contribution < -0.4 is 5.32 Å². The second-order valence-corrected chi connectivity index (χ2v) is 1.60. The summed E-state index contributed by atoms with van der Waals surface area (Å²) in [6.07, 6.45) is 0. The molecule has 0 aliphatic heterocycles. The summed E-state index contributed by atoms with van der Waals surface area (Å²) in [7, 11) is 3.39. The molecular formula is C4H9NOS. The minimum atomic E-state index is 0.520. The van der Waals surface area contributed by atoms with E-state index >= 15 is 0 Å². The Morgan fingerprint density at radius 2 is 2.43 bits per heavy atom. The van der Waals surface area contributed by atoms with E-state index in [2.05, 4.69) is 5.32 Å². The van der Waals surface area contributed by atoms with Gasteiger partial charge in [-0.05, 0) is 0 Å². The number of hydrogen-bond donors (Lipinski definition) is 1. The Kier molecular flexibility index (Phi) is 3.93. The molecule has 0 fully saturated rings. The first-order valence-electron chi connectivity index (χ1n) is 2.00. The van der Waals surface area contributed by atoms with Gasteiger partial charge in [0.25, 0.3) is 0 Å². The van der Waals surface area contributed by atoms with Gasteiger partial charge in [0.2, 0.25) is 0 Å². The van der Waals surface area contributed by atoms with E-state index in [1.807, 2.05) is 0 Å². The standard InChI is InChI=1S/C4H9NOS/c1-5-4(7)3-6-2/h3H2,1-2H3,(H,5,7). The van der Waals surface area contributed by atoms with Gasteiger partial charge in [0.1, 0.15) is 4.99 Å². The first-order valence-corrected chi connectivity index (χ1v) is 2.41. The third-order valence-electron chi connectivity index (χ3n) is 0.554. The Balaban J connectivity index is 3.00. The fraction of sp³-hybridized carbons (Fsp3) is 0.750. The average Bonchev–Trinajstić information content (AvgIpc) is 1.68. The predicted octanol–water partition coefficient (Wildman–Crippen LogP) is 0.180. The molecule has 0 aromatic carbocycles. The van der Waals surface area contributed by atoms with Crippen LogP contribution >= 0.6 is 12.2 Å². The topological polar surface area (TPSA) is 21.3 Å². The van der Waals surface area contributed by atoms with Gasteiger partial charge in [0.05, 0.1) is 6.61 Å². The van der Waals surface area contributed by atoms with E-state index in [-0.39, 0.29) is 0 Å². The fourth-order valence-electron chi connectivity index (χ4n) is 0.203. The van der Waals surface area contributed by atoms with Crippen LogP contribution in [0.2, 0.25) is 0 Å². The van der Waals surface area contributed by atoms with Crippen molar-refractivity contribution in [3.8, 4) is 0 Å². The molecule has 0 aliphatic carbocycles. The van der Waals surface area contributed by atoms with Crippen molar-refractivity contribution < 1.29 is 4.74 Å². The number of thiocarbonyl (C=S) groups is 1. The third kappa shape index (κ3) is 3.69. The molecule has 7 heavy (non-hydrogen) atoms. The number of hydrogen-bond acceptors (Lipinski definition) is 2. The zero-order chi connectivity index (χ0) is 5.70. The van der Waals surface area contributed by atoms with Crippen molar-refractivity contribution in [2.75, 3.05) is 20.8 Å². The molecule has 0 saturated heterocycles. The van der Waals surface area contributed by atoms with Crippen LogP contribution in [0.1, 0.15) is 0 Å². The summed E-state index contributed by atoms with van der Waals surface area (Å²) in [5, 5.41) is 2.77. The molecule has 0 bridgehead atoms. The highest BCUT2D eigenvalue weighted by atomic mass is 32.1. The van der Waals surface area contributed by atoms with E-state index in [0.717, 1.165) is 4.99 Å². The second kappa shape index (κ2) is 4.02. The van der Waals surface area contributed by atoms with Crippen molar-refractivity contribution in [3.05, 3.63) is 0 Å². The second-order valence-electron chi connectivity index (χ2n) is 1.11. The summed E-state index contributed by atoms with van der Waals surface area (Å²) in [5.74, 6) is 0. The van der Waals surface area contributed by atoms with E-state index < -0.39 is 0 Å². The van der Waals surface area contributed by atoms with Crippen LogP contribution in [0.3, 0.4) is 0 Å². The van der Waals surface area contributed by atoms with Gasteiger partial charge in [-0.2, -0.15) is 0 Å². The van der Waals surface area contributed by atoms with Gasteiger partial charge in [-0.25, -0.2) is 0 Å². The number of nitrogens with one attached hydrogen (secondary N) is 1. The summed E-state index contributed by atoms with van der Waals surface area (Å²) in [6.45, 7) is 0.520. The molecule has 0 rings (SSSR count). The molecule has 0 aromatic heterocycles. The zero-order valence-corrected chi connectivity index (χ0v) is 5.34. The molecule has 0 unspecified atom stereocenters. The molecule has 0 atom stereocenters. The van der Waals surface area contributed by atoms with Crippen LogP contribution in [-0.2, 0) is 4.74 Å². The summed E-state index contributed by atoms with van der Waals surface area (Å²) in [6, 6.07) is 0. The summed E-state index contributed by atoms with van der Waals surface area (Å²) in [4.78, 5) is 0.738. The van der Waals surface area contributed by atoms with E-state index in [0.29, 0.717) is 6.61 Å². The van der Waals surface area contributed by atoms with Gasteiger partial charge in [-0.3, -0.25) is 0 Å². The molecule has 0 spiro atoms. The molecule has 0 aromatic rings. The predicted molar refractivity (Wildman–Crippen MR) is 33.5 cm³/mol. The Hall–Kier alpha value is -0.150. The number of likely N-dealkylation sites (N-methyl/N-ethyl adjacent to an activating group) is 1. The quantitative estimate of drug-likeness (QED) is 0.524. The number of ether oxygens (including phenoxy) is 1. The van der Waals surface area contributed by atoms with Crippen LogP contribution in [-0.4, -0.2) is 25.8 Å². The highest BCUT2D eigenvalue weighted by Crippen LogP contribution is 1.68. The maximum Gasteiger partial charge on any atom is 0.101 e. The van der Waals surface area contributed by atoms with E-state index in [4.69, 9.17) is 17.0 Å². The molecule has 3 heteroatoms. The SMILES string of the molecule is CNC(=S)COC. The van der Waals surface area contributed by atoms with Crippen LogP contribution in [0.15, 0.2) is 0 Å². The lowest BCUT2D eigenvalue weighted by Crippen LogP contribution is -2.20. The Morgan fingerprint density at radius 1 is 1.86 bits per heavy atom. The Labute approximate surface area is 48.9 Å². The molecule has 0 aliphatic rings. The van der Waals surface area contributed by atoms with Crippen LogP contribution in [0, 0.1) is 0 Å².